The maximum atomic E-state index is 13.1. The standard InChI is InChI=1S/C15H16F2N2O/c16-12-5-4-11(8-13(12)17)9-14(20)19-15(10-18)6-2-1-3-7-15/h4-5,8H,1-3,6-7,9H2,(H,19,20). The van der Waals surface area contributed by atoms with Crippen LogP contribution in [0.25, 0.3) is 0 Å². The van der Waals surface area contributed by atoms with Gasteiger partial charge in [-0.05, 0) is 30.5 Å². The zero-order chi connectivity index (χ0) is 14.6. The van der Waals surface area contributed by atoms with Crippen molar-refractivity contribution < 1.29 is 13.6 Å². The highest BCUT2D eigenvalue weighted by Crippen LogP contribution is 2.27. The van der Waals surface area contributed by atoms with Gasteiger partial charge in [-0.25, -0.2) is 8.78 Å². The molecule has 1 fully saturated rings. The fraction of sp³-hybridized carbons (Fsp3) is 0.467. The van der Waals surface area contributed by atoms with Gasteiger partial charge in [-0.2, -0.15) is 5.26 Å². The molecule has 0 bridgehead atoms. The number of rotatable bonds is 3. The van der Waals surface area contributed by atoms with Gasteiger partial charge in [-0.15, -0.1) is 0 Å². The minimum absolute atomic E-state index is 0.0549. The number of amides is 1. The molecule has 1 amide bonds. The van der Waals surface area contributed by atoms with Gasteiger partial charge >= 0.3 is 0 Å². The van der Waals surface area contributed by atoms with Gasteiger partial charge in [0.1, 0.15) is 5.54 Å². The van der Waals surface area contributed by atoms with Crippen LogP contribution in [-0.4, -0.2) is 11.4 Å². The van der Waals surface area contributed by atoms with E-state index in [1.54, 1.807) is 0 Å². The van der Waals surface area contributed by atoms with Crippen molar-refractivity contribution >= 4 is 5.91 Å². The van der Waals surface area contributed by atoms with E-state index in [1.165, 1.54) is 6.07 Å². The summed E-state index contributed by atoms with van der Waals surface area (Å²) in [7, 11) is 0. The van der Waals surface area contributed by atoms with Gasteiger partial charge in [0.25, 0.3) is 0 Å². The van der Waals surface area contributed by atoms with Gasteiger partial charge in [0.2, 0.25) is 5.91 Å². The molecular weight excluding hydrogens is 262 g/mol. The number of nitrogens with one attached hydrogen (secondary N) is 1. The first-order valence-electron chi connectivity index (χ1n) is 6.71. The number of benzene rings is 1. The second kappa shape index (κ2) is 6.00. The zero-order valence-electron chi connectivity index (χ0n) is 11.1. The summed E-state index contributed by atoms with van der Waals surface area (Å²) in [5.41, 5.74) is -0.404. The van der Waals surface area contributed by atoms with E-state index < -0.39 is 17.2 Å². The zero-order valence-corrected chi connectivity index (χ0v) is 11.1. The van der Waals surface area contributed by atoms with E-state index in [1.807, 2.05) is 0 Å². The van der Waals surface area contributed by atoms with Gasteiger partial charge in [-0.3, -0.25) is 4.79 Å². The van der Waals surface area contributed by atoms with Crippen LogP contribution < -0.4 is 5.32 Å². The molecule has 106 valence electrons. The maximum Gasteiger partial charge on any atom is 0.225 e. The molecule has 0 atom stereocenters. The monoisotopic (exact) mass is 278 g/mol. The summed E-state index contributed by atoms with van der Waals surface area (Å²) in [6.07, 6.45) is 4.14. The van der Waals surface area contributed by atoms with E-state index in [0.717, 1.165) is 31.4 Å². The number of carbonyl (C=O) groups excluding carboxylic acids is 1. The lowest BCUT2D eigenvalue weighted by atomic mass is 9.82. The lowest BCUT2D eigenvalue weighted by Crippen LogP contribution is -2.49. The third-order valence-electron chi connectivity index (χ3n) is 3.65. The smallest absolute Gasteiger partial charge is 0.225 e. The van der Waals surface area contributed by atoms with Crippen LogP contribution in [0.5, 0.6) is 0 Å². The molecule has 1 aliphatic rings. The van der Waals surface area contributed by atoms with Gasteiger partial charge in [-0.1, -0.05) is 25.3 Å². The molecule has 0 unspecified atom stereocenters. The summed E-state index contributed by atoms with van der Waals surface area (Å²) in [6, 6.07) is 5.57. The third kappa shape index (κ3) is 3.32. The Kier molecular flexibility index (Phi) is 4.33. The highest BCUT2D eigenvalue weighted by atomic mass is 19.2. The highest BCUT2D eigenvalue weighted by molar-refractivity contribution is 5.79. The predicted molar refractivity (Wildman–Crippen MR) is 69.6 cm³/mol. The third-order valence-corrected chi connectivity index (χ3v) is 3.65. The quantitative estimate of drug-likeness (QED) is 0.924. The number of nitrogens with zero attached hydrogens (tertiary/aromatic N) is 1. The Balaban J connectivity index is 2.01. The number of halogens is 2. The van der Waals surface area contributed by atoms with Crippen LogP contribution in [0.15, 0.2) is 18.2 Å². The molecule has 0 saturated heterocycles. The molecule has 0 spiro atoms. The van der Waals surface area contributed by atoms with Crippen LogP contribution in [0.1, 0.15) is 37.7 Å². The Morgan fingerprint density at radius 1 is 1.25 bits per heavy atom. The SMILES string of the molecule is N#CC1(NC(=O)Cc2ccc(F)c(F)c2)CCCCC1. The van der Waals surface area contributed by atoms with Crippen molar-refractivity contribution in [1.82, 2.24) is 5.32 Å². The average Bonchev–Trinajstić information content (AvgIpc) is 2.44. The average molecular weight is 278 g/mol. The molecule has 5 heteroatoms. The van der Waals surface area contributed by atoms with E-state index in [0.29, 0.717) is 18.4 Å². The molecule has 20 heavy (non-hydrogen) atoms. The van der Waals surface area contributed by atoms with Crippen molar-refractivity contribution in [3.8, 4) is 6.07 Å². The lowest BCUT2D eigenvalue weighted by molar-refractivity contribution is -0.122. The minimum Gasteiger partial charge on any atom is -0.338 e. The van der Waals surface area contributed by atoms with Crippen LogP contribution >= 0.6 is 0 Å². The molecular formula is C15H16F2N2O. The number of carbonyl (C=O) groups is 1. The highest BCUT2D eigenvalue weighted by Gasteiger charge is 2.33. The molecule has 1 N–H and O–H groups in total. The Hall–Kier alpha value is -1.96. The molecule has 2 rings (SSSR count). The van der Waals surface area contributed by atoms with Gasteiger partial charge in [0, 0.05) is 0 Å². The van der Waals surface area contributed by atoms with Crippen molar-refractivity contribution in [1.29, 1.82) is 5.26 Å². The van der Waals surface area contributed by atoms with Crippen molar-refractivity contribution in [3.05, 3.63) is 35.4 Å². The molecule has 1 aromatic rings. The lowest BCUT2D eigenvalue weighted by Gasteiger charge is -2.31. The number of nitriles is 1. The van der Waals surface area contributed by atoms with E-state index in [9.17, 15) is 18.8 Å². The van der Waals surface area contributed by atoms with E-state index in [-0.39, 0.29) is 12.3 Å². The summed E-state index contributed by atoms with van der Waals surface area (Å²) in [4.78, 5) is 12.0. The molecule has 3 nitrogen and oxygen atoms in total. The number of hydrogen-bond acceptors (Lipinski definition) is 2. The fourth-order valence-electron chi connectivity index (χ4n) is 2.57. The van der Waals surface area contributed by atoms with Gasteiger partial charge in [0.15, 0.2) is 11.6 Å². The van der Waals surface area contributed by atoms with Crippen LogP contribution in [0.2, 0.25) is 0 Å². The van der Waals surface area contributed by atoms with Crippen molar-refractivity contribution in [3.63, 3.8) is 0 Å². The van der Waals surface area contributed by atoms with Crippen molar-refractivity contribution in [2.24, 2.45) is 0 Å². The first-order valence-corrected chi connectivity index (χ1v) is 6.71. The van der Waals surface area contributed by atoms with Crippen LogP contribution in [0, 0.1) is 23.0 Å². The normalized spacial score (nSPS) is 17.2. The Labute approximate surface area is 116 Å². The van der Waals surface area contributed by atoms with Crippen LogP contribution in [0.3, 0.4) is 0 Å². The summed E-state index contributed by atoms with van der Waals surface area (Å²) in [5.74, 6) is -2.24. The topological polar surface area (TPSA) is 52.9 Å². The second-order valence-electron chi connectivity index (χ2n) is 5.23. The Morgan fingerprint density at radius 3 is 2.55 bits per heavy atom. The van der Waals surface area contributed by atoms with E-state index in [2.05, 4.69) is 11.4 Å². The molecule has 0 radical (unpaired) electrons. The molecule has 0 heterocycles. The molecule has 0 aromatic heterocycles. The van der Waals surface area contributed by atoms with Crippen LogP contribution in [0.4, 0.5) is 8.78 Å². The molecule has 1 aliphatic carbocycles. The minimum atomic E-state index is -0.969. The Morgan fingerprint density at radius 2 is 1.95 bits per heavy atom. The molecule has 0 aliphatic heterocycles. The summed E-state index contributed by atoms with van der Waals surface area (Å²) < 4.78 is 25.9. The van der Waals surface area contributed by atoms with E-state index >= 15 is 0 Å². The maximum absolute atomic E-state index is 13.1. The summed E-state index contributed by atoms with van der Waals surface area (Å²) in [5, 5.41) is 12.0. The van der Waals surface area contributed by atoms with Crippen LogP contribution in [-0.2, 0) is 11.2 Å². The van der Waals surface area contributed by atoms with Gasteiger partial charge < -0.3 is 5.32 Å². The summed E-state index contributed by atoms with van der Waals surface area (Å²) in [6.45, 7) is 0. The Bertz CT molecular complexity index is 545. The van der Waals surface area contributed by atoms with Crippen molar-refractivity contribution in [2.75, 3.05) is 0 Å². The molecule has 1 saturated carbocycles. The molecule has 1 aromatic carbocycles. The van der Waals surface area contributed by atoms with E-state index in [4.69, 9.17) is 0 Å². The van der Waals surface area contributed by atoms with Gasteiger partial charge in [0.05, 0.1) is 12.5 Å². The first-order chi connectivity index (χ1) is 9.54. The van der Waals surface area contributed by atoms with Crippen molar-refractivity contribution in [2.45, 2.75) is 44.1 Å². The fourth-order valence-corrected chi connectivity index (χ4v) is 2.57. The second-order valence-corrected chi connectivity index (χ2v) is 5.23. The predicted octanol–water partition coefficient (Wildman–Crippen LogP) is 2.85. The number of hydrogen-bond donors (Lipinski definition) is 1. The summed E-state index contributed by atoms with van der Waals surface area (Å²) >= 11 is 0. The first kappa shape index (κ1) is 14.4. The largest absolute Gasteiger partial charge is 0.338 e.